The van der Waals surface area contributed by atoms with E-state index in [9.17, 15) is 5.11 Å². The average molecular weight is 290 g/mol. The van der Waals surface area contributed by atoms with E-state index in [0.717, 1.165) is 10.8 Å². The SMILES string of the molecule is CCCCCc1ccc(-c2ccc3cc(O)ccc3c2)cc1. The van der Waals surface area contributed by atoms with Crippen LogP contribution in [0.15, 0.2) is 60.7 Å². The molecule has 0 aliphatic rings. The van der Waals surface area contributed by atoms with E-state index in [2.05, 4.69) is 49.4 Å². The predicted octanol–water partition coefficient (Wildman–Crippen LogP) is 5.95. The number of benzene rings is 3. The molecule has 0 heterocycles. The second-order valence-corrected chi connectivity index (χ2v) is 5.90. The highest BCUT2D eigenvalue weighted by molar-refractivity contribution is 5.88. The first-order valence-electron chi connectivity index (χ1n) is 8.08. The van der Waals surface area contributed by atoms with Crippen molar-refractivity contribution in [2.24, 2.45) is 0 Å². The number of aryl methyl sites for hydroxylation is 1. The van der Waals surface area contributed by atoms with Crippen LogP contribution in [0.3, 0.4) is 0 Å². The molecule has 0 aliphatic carbocycles. The summed E-state index contributed by atoms with van der Waals surface area (Å²) >= 11 is 0. The van der Waals surface area contributed by atoms with Gasteiger partial charge in [-0.1, -0.05) is 62.2 Å². The zero-order valence-electron chi connectivity index (χ0n) is 13.0. The summed E-state index contributed by atoms with van der Waals surface area (Å²) in [4.78, 5) is 0. The predicted molar refractivity (Wildman–Crippen MR) is 94.3 cm³/mol. The maximum absolute atomic E-state index is 9.54. The first-order chi connectivity index (χ1) is 10.8. The lowest BCUT2D eigenvalue weighted by molar-refractivity contribution is 0.476. The van der Waals surface area contributed by atoms with Gasteiger partial charge in [0.15, 0.2) is 0 Å². The van der Waals surface area contributed by atoms with Crippen molar-refractivity contribution in [3.05, 3.63) is 66.2 Å². The molecule has 0 saturated carbocycles. The molecule has 1 nitrogen and oxygen atoms in total. The van der Waals surface area contributed by atoms with Crippen molar-refractivity contribution in [2.75, 3.05) is 0 Å². The number of aromatic hydroxyl groups is 1. The normalized spacial score (nSPS) is 11.0. The Morgan fingerprint density at radius 1 is 0.727 bits per heavy atom. The van der Waals surface area contributed by atoms with Crippen LogP contribution in [-0.4, -0.2) is 5.11 Å². The van der Waals surface area contributed by atoms with Crippen molar-refractivity contribution < 1.29 is 5.11 Å². The number of rotatable bonds is 5. The van der Waals surface area contributed by atoms with Gasteiger partial charge in [-0.15, -0.1) is 0 Å². The molecule has 0 unspecified atom stereocenters. The fraction of sp³-hybridized carbons (Fsp3) is 0.238. The molecule has 0 amide bonds. The molecule has 0 radical (unpaired) electrons. The molecule has 3 aromatic rings. The van der Waals surface area contributed by atoms with E-state index in [1.807, 2.05) is 6.07 Å². The van der Waals surface area contributed by atoms with Gasteiger partial charge in [-0.05, 0) is 58.5 Å². The molecule has 0 saturated heterocycles. The Morgan fingerprint density at radius 3 is 2.18 bits per heavy atom. The largest absolute Gasteiger partial charge is 0.508 e. The number of phenolic OH excluding ortho intramolecular Hbond substituents is 1. The standard InChI is InChI=1S/C21H22O/c1-2-3-4-5-16-6-8-17(9-7-16)18-10-11-20-15-21(22)13-12-19(20)14-18/h6-15,22H,2-5H2,1H3. The van der Waals surface area contributed by atoms with Crippen LogP contribution in [0.5, 0.6) is 5.75 Å². The van der Waals surface area contributed by atoms with E-state index >= 15 is 0 Å². The molecule has 0 spiro atoms. The zero-order chi connectivity index (χ0) is 15.4. The maximum atomic E-state index is 9.54. The summed E-state index contributed by atoms with van der Waals surface area (Å²) in [5.74, 6) is 0.316. The topological polar surface area (TPSA) is 20.2 Å². The quantitative estimate of drug-likeness (QED) is 0.576. The fourth-order valence-electron chi connectivity index (χ4n) is 2.86. The molecular formula is C21H22O. The Morgan fingerprint density at radius 2 is 1.41 bits per heavy atom. The van der Waals surface area contributed by atoms with Crippen molar-refractivity contribution in [3.63, 3.8) is 0 Å². The lowest BCUT2D eigenvalue weighted by Crippen LogP contribution is -1.86. The molecule has 22 heavy (non-hydrogen) atoms. The summed E-state index contributed by atoms with van der Waals surface area (Å²) in [6.07, 6.45) is 5.02. The number of hydrogen-bond donors (Lipinski definition) is 1. The summed E-state index contributed by atoms with van der Waals surface area (Å²) in [5.41, 5.74) is 3.88. The lowest BCUT2D eigenvalue weighted by Gasteiger charge is -2.06. The van der Waals surface area contributed by atoms with E-state index in [-0.39, 0.29) is 0 Å². The van der Waals surface area contributed by atoms with E-state index in [1.165, 1.54) is 42.4 Å². The van der Waals surface area contributed by atoms with Crippen LogP contribution in [0.4, 0.5) is 0 Å². The van der Waals surface area contributed by atoms with Crippen molar-refractivity contribution in [3.8, 4) is 16.9 Å². The van der Waals surface area contributed by atoms with Crippen molar-refractivity contribution >= 4 is 10.8 Å². The average Bonchev–Trinajstić information content (AvgIpc) is 2.55. The van der Waals surface area contributed by atoms with Crippen LogP contribution < -0.4 is 0 Å². The molecular weight excluding hydrogens is 268 g/mol. The summed E-state index contributed by atoms with van der Waals surface area (Å²) < 4.78 is 0. The molecule has 3 rings (SSSR count). The van der Waals surface area contributed by atoms with Crippen LogP contribution in [0, 0.1) is 0 Å². The van der Waals surface area contributed by atoms with E-state index in [1.54, 1.807) is 12.1 Å². The minimum atomic E-state index is 0.316. The third kappa shape index (κ3) is 3.30. The van der Waals surface area contributed by atoms with Gasteiger partial charge in [-0.3, -0.25) is 0 Å². The maximum Gasteiger partial charge on any atom is 0.116 e. The Balaban J connectivity index is 1.82. The molecule has 0 fully saturated rings. The first kappa shape index (κ1) is 14.6. The highest BCUT2D eigenvalue weighted by Gasteiger charge is 2.01. The smallest absolute Gasteiger partial charge is 0.116 e. The van der Waals surface area contributed by atoms with E-state index in [0.29, 0.717) is 5.75 Å². The van der Waals surface area contributed by atoms with Gasteiger partial charge >= 0.3 is 0 Å². The van der Waals surface area contributed by atoms with Crippen molar-refractivity contribution in [1.82, 2.24) is 0 Å². The van der Waals surface area contributed by atoms with Crippen LogP contribution in [-0.2, 0) is 6.42 Å². The third-order valence-corrected chi connectivity index (χ3v) is 4.18. The van der Waals surface area contributed by atoms with Crippen LogP contribution in [0.25, 0.3) is 21.9 Å². The molecule has 0 bridgehead atoms. The van der Waals surface area contributed by atoms with Gasteiger partial charge in [0.05, 0.1) is 0 Å². The molecule has 1 N–H and O–H groups in total. The van der Waals surface area contributed by atoms with Crippen LogP contribution >= 0.6 is 0 Å². The number of fused-ring (bicyclic) bond motifs is 1. The molecule has 0 aliphatic heterocycles. The van der Waals surface area contributed by atoms with Gasteiger partial charge < -0.3 is 5.11 Å². The van der Waals surface area contributed by atoms with Crippen molar-refractivity contribution in [1.29, 1.82) is 0 Å². The minimum absolute atomic E-state index is 0.316. The second kappa shape index (κ2) is 6.65. The van der Waals surface area contributed by atoms with Crippen LogP contribution in [0.1, 0.15) is 31.7 Å². The number of phenols is 1. The van der Waals surface area contributed by atoms with Gasteiger partial charge in [-0.25, -0.2) is 0 Å². The third-order valence-electron chi connectivity index (χ3n) is 4.18. The van der Waals surface area contributed by atoms with Crippen LogP contribution in [0.2, 0.25) is 0 Å². The van der Waals surface area contributed by atoms with Gasteiger partial charge in [0, 0.05) is 0 Å². The Kier molecular flexibility index (Phi) is 4.43. The summed E-state index contributed by atoms with van der Waals surface area (Å²) in [7, 11) is 0. The number of hydrogen-bond acceptors (Lipinski definition) is 1. The number of unbranched alkanes of at least 4 members (excludes halogenated alkanes) is 2. The highest BCUT2D eigenvalue weighted by Crippen LogP contribution is 2.27. The zero-order valence-corrected chi connectivity index (χ0v) is 13.0. The summed E-state index contributed by atoms with van der Waals surface area (Å²) in [6, 6.07) is 20.8. The van der Waals surface area contributed by atoms with E-state index in [4.69, 9.17) is 0 Å². The molecule has 112 valence electrons. The minimum Gasteiger partial charge on any atom is -0.508 e. The summed E-state index contributed by atoms with van der Waals surface area (Å²) in [6.45, 7) is 2.24. The molecule has 0 atom stereocenters. The Labute approximate surface area is 132 Å². The Bertz CT molecular complexity index is 756. The monoisotopic (exact) mass is 290 g/mol. The van der Waals surface area contributed by atoms with Crippen molar-refractivity contribution in [2.45, 2.75) is 32.6 Å². The Hall–Kier alpha value is -2.28. The van der Waals surface area contributed by atoms with Gasteiger partial charge in [0.25, 0.3) is 0 Å². The van der Waals surface area contributed by atoms with E-state index < -0.39 is 0 Å². The van der Waals surface area contributed by atoms with Gasteiger partial charge in [0.2, 0.25) is 0 Å². The summed E-state index contributed by atoms with van der Waals surface area (Å²) in [5, 5.41) is 11.8. The van der Waals surface area contributed by atoms with Gasteiger partial charge in [0.1, 0.15) is 5.75 Å². The second-order valence-electron chi connectivity index (χ2n) is 5.90. The molecule has 0 aromatic heterocycles. The molecule has 1 heteroatoms. The lowest BCUT2D eigenvalue weighted by atomic mass is 9.99. The fourth-order valence-corrected chi connectivity index (χ4v) is 2.86. The highest BCUT2D eigenvalue weighted by atomic mass is 16.3. The van der Waals surface area contributed by atoms with Gasteiger partial charge in [-0.2, -0.15) is 0 Å². The molecule has 3 aromatic carbocycles. The first-order valence-corrected chi connectivity index (χ1v) is 8.08.